The lowest BCUT2D eigenvalue weighted by molar-refractivity contribution is 0.415. The van der Waals surface area contributed by atoms with Gasteiger partial charge in [0, 0.05) is 0 Å². The summed E-state index contributed by atoms with van der Waals surface area (Å²) < 4.78 is 5.04. The molecule has 0 saturated heterocycles. The molecule has 4 nitrogen and oxygen atoms in total. The van der Waals surface area contributed by atoms with Crippen molar-refractivity contribution in [2.75, 3.05) is 7.11 Å². The van der Waals surface area contributed by atoms with Crippen LogP contribution in [-0.4, -0.2) is 12.2 Å². The van der Waals surface area contributed by atoms with Crippen LogP contribution in [0.4, 0.5) is 11.4 Å². The lowest BCUT2D eigenvalue weighted by Gasteiger charge is -1.99. The van der Waals surface area contributed by atoms with Crippen molar-refractivity contribution in [2.45, 2.75) is 0 Å². The summed E-state index contributed by atoms with van der Waals surface area (Å²) >= 11 is 0. The molecule has 0 aliphatic carbocycles. The summed E-state index contributed by atoms with van der Waals surface area (Å²) in [5, 5.41) is 17.5. The molecule has 4 heteroatoms. The average molecular weight is 228 g/mol. The molecule has 0 heterocycles. The molecule has 0 atom stereocenters. The van der Waals surface area contributed by atoms with E-state index in [2.05, 4.69) is 10.2 Å². The van der Waals surface area contributed by atoms with Crippen LogP contribution in [-0.2, 0) is 0 Å². The van der Waals surface area contributed by atoms with E-state index in [0.717, 1.165) is 5.75 Å². The minimum Gasteiger partial charge on any atom is -0.506 e. The fourth-order valence-electron chi connectivity index (χ4n) is 1.31. The number of ether oxygens (including phenoxy) is 1. The molecule has 0 radical (unpaired) electrons. The summed E-state index contributed by atoms with van der Waals surface area (Å²) in [7, 11) is 1.61. The standard InChI is InChI=1S/C13H12N2O2/c1-17-11-8-6-10(7-9-11)14-15-12-4-2-3-5-13(12)16/h2-9,16H,1H3/b15-14+. The zero-order valence-electron chi connectivity index (χ0n) is 9.37. The zero-order chi connectivity index (χ0) is 12.1. The van der Waals surface area contributed by atoms with Crippen molar-refractivity contribution in [1.29, 1.82) is 0 Å². The minimum absolute atomic E-state index is 0.116. The van der Waals surface area contributed by atoms with Gasteiger partial charge < -0.3 is 9.84 Å². The molecule has 0 saturated carbocycles. The van der Waals surface area contributed by atoms with Gasteiger partial charge in [0.25, 0.3) is 0 Å². The highest BCUT2D eigenvalue weighted by molar-refractivity contribution is 5.50. The number of phenols is 1. The molecule has 0 bridgehead atoms. The summed E-state index contributed by atoms with van der Waals surface area (Å²) in [5.74, 6) is 0.885. The predicted molar refractivity (Wildman–Crippen MR) is 65.3 cm³/mol. The highest BCUT2D eigenvalue weighted by Gasteiger charge is 1.96. The largest absolute Gasteiger partial charge is 0.506 e. The lowest BCUT2D eigenvalue weighted by atomic mass is 10.3. The fourth-order valence-corrected chi connectivity index (χ4v) is 1.31. The van der Waals surface area contributed by atoms with E-state index < -0.39 is 0 Å². The average Bonchev–Trinajstić information content (AvgIpc) is 2.38. The number of benzene rings is 2. The van der Waals surface area contributed by atoms with Crippen LogP contribution in [0.5, 0.6) is 11.5 Å². The van der Waals surface area contributed by atoms with Crippen LogP contribution in [0.3, 0.4) is 0 Å². The van der Waals surface area contributed by atoms with Gasteiger partial charge in [0.2, 0.25) is 0 Å². The fraction of sp³-hybridized carbons (Fsp3) is 0.0769. The van der Waals surface area contributed by atoms with E-state index in [1.807, 2.05) is 0 Å². The van der Waals surface area contributed by atoms with Gasteiger partial charge in [0.05, 0.1) is 12.8 Å². The molecule has 0 fully saturated rings. The van der Waals surface area contributed by atoms with Crippen LogP contribution in [0.1, 0.15) is 0 Å². The molecule has 0 spiro atoms. The second kappa shape index (κ2) is 5.12. The van der Waals surface area contributed by atoms with Crippen molar-refractivity contribution < 1.29 is 9.84 Å². The Bertz CT molecular complexity index is 521. The van der Waals surface area contributed by atoms with Gasteiger partial charge >= 0.3 is 0 Å². The summed E-state index contributed by atoms with van der Waals surface area (Å²) in [6, 6.07) is 14.0. The quantitative estimate of drug-likeness (QED) is 0.812. The summed E-state index contributed by atoms with van der Waals surface area (Å²) in [6.07, 6.45) is 0. The Hall–Kier alpha value is -2.36. The highest BCUT2D eigenvalue weighted by atomic mass is 16.5. The van der Waals surface area contributed by atoms with Crippen LogP contribution >= 0.6 is 0 Å². The topological polar surface area (TPSA) is 54.2 Å². The van der Waals surface area contributed by atoms with Gasteiger partial charge in [0.15, 0.2) is 0 Å². The maximum absolute atomic E-state index is 9.50. The Labute approximate surface area is 99.2 Å². The highest BCUT2D eigenvalue weighted by Crippen LogP contribution is 2.27. The molecule has 2 aromatic carbocycles. The second-order valence-electron chi connectivity index (χ2n) is 3.39. The molecule has 1 N–H and O–H groups in total. The van der Waals surface area contributed by atoms with Crippen LogP contribution in [0, 0.1) is 0 Å². The first-order valence-corrected chi connectivity index (χ1v) is 5.13. The van der Waals surface area contributed by atoms with E-state index in [0.29, 0.717) is 11.4 Å². The first-order chi connectivity index (χ1) is 8.29. The minimum atomic E-state index is 0.116. The van der Waals surface area contributed by atoms with E-state index >= 15 is 0 Å². The van der Waals surface area contributed by atoms with Gasteiger partial charge in [-0.3, -0.25) is 0 Å². The molecular formula is C13H12N2O2. The number of methoxy groups -OCH3 is 1. The number of hydrogen-bond donors (Lipinski definition) is 1. The predicted octanol–water partition coefficient (Wildman–Crippen LogP) is 3.82. The maximum Gasteiger partial charge on any atom is 0.143 e. The first kappa shape index (κ1) is 11.1. The molecule has 17 heavy (non-hydrogen) atoms. The number of aromatic hydroxyl groups is 1. The van der Waals surface area contributed by atoms with Gasteiger partial charge in [-0.15, -0.1) is 5.11 Å². The number of rotatable bonds is 3. The molecule has 0 amide bonds. The summed E-state index contributed by atoms with van der Waals surface area (Å²) in [4.78, 5) is 0. The maximum atomic E-state index is 9.50. The summed E-state index contributed by atoms with van der Waals surface area (Å²) in [5.41, 5.74) is 1.15. The third-order valence-corrected chi connectivity index (χ3v) is 2.23. The van der Waals surface area contributed by atoms with Gasteiger partial charge in [-0.05, 0) is 36.4 Å². The Morgan fingerprint density at radius 3 is 2.29 bits per heavy atom. The molecule has 0 aliphatic heterocycles. The lowest BCUT2D eigenvalue weighted by Crippen LogP contribution is -1.79. The number of para-hydroxylation sites is 1. The number of nitrogens with zero attached hydrogens (tertiary/aromatic N) is 2. The Morgan fingerprint density at radius 2 is 1.65 bits per heavy atom. The summed E-state index contributed by atoms with van der Waals surface area (Å²) in [6.45, 7) is 0. The molecule has 2 aromatic rings. The van der Waals surface area contributed by atoms with Crippen LogP contribution in [0.15, 0.2) is 58.8 Å². The number of azo groups is 1. The molecule has 0 aliphatic rings. The van der Waals surface area contributed by atoms with E-state index in [-0.39, 0.29) is 5.75 Å². The van der Waals surface area contributed by atoms with Gasteiger partial charge in [-0.1, -0.05) is 12.1 Å². The van der Waals surface area contributed by atoms with Crippen molar-refractivity contribution in [3.63, 3.8) is 0 Å². The van der Waals surface area contributed by atoms with E-state index in [1.54, 1.807) is 55.6 Å². The van der Waals surface area contributed by atoms with Crippen molar-refractivity contribution in [1.82, 2.24) is 0 Å². The van der Waals surface area contributed by atoms with Crippen LogP contribution in [0.2, 0.25) is 0 Å². The van der Waals surface area contributed by atoms with E-state index in [9.17, 15) is 5.11 Å². The molecule has 86 valence electrons. The van der Waals surface area contributed by atoms with Gasteiger partial charge in [-0.25, -0.2) is 0 Å². The third kappa shape index (κ3) is 2.81. The van der Waals surface area contributed by atoms with Crippen molar-refractivity contribution in [3.8, 4) is 11.5 Å². The van der Waals surface area contributed by atoms with E-state index in [4.69, 9.17) is 4.74 Å². The smallest absolute Gasteiger partial charge is 0.143 e. The molecule has 2 rings (SSSR count). The zero-order valence-corrected chi connectivity index (χ0v) is 9.37. The number of hydrogen-bond acceptors (Lipinski definition) is 4. The van der Waals surface area contributed by atoms with Crippen molar-refractivity contribution >= 4 is 11.4 Å². The normalized spacial score (nSPS) is 10.6. The van der Waals surface area contributed by atoms with Crippen molar-refractivity contribution in [2.24, 2.45) is 10.2 Å². The molecule has 0 unspecified atom stereocenters. The van der Waals surface area contributed by atoms with E-state index in [1.165, 1.54) is 0 Å². The number of phenolic OH excluding ortho intramolecular Hbond substituents is 1. The van der Waals surface area contributed by atoms with Crippen LogP contribution < -0.4 is 4.74 Å². The van der Waals surface area contributed by atoms with Crippen molar-refractivity contribution in [3.05, 3.63) is 48.5 Å². The molecule has 0 aromatic heterocycles. The monoisotopic (exact) mass is 228 g/mol. The SMILES string of the molecule is COc1ccc(/N=N/c2ccccc2O)cc1. The van der Waals surface area contributed by atoms with Crippen LogP contribution in [0.25, 0.3) is 0 Å². The Kier molecular flexibility index (Phi) is 3.35. The third-order valence-electron chi connectivity index (χ3n) is 2.23. The van der Waals surface area contributed by atoms with Gasteiger partial charge in [0.1, 0.15) is 17.2 Å². The Balaban J connectivity index is 2.17. The molecular weight excluding hydrogens is 216 g/mol. The van der Waals surface area contributed by atoms with Gasteiger partial charge in [-0.2, -0.15) is 5.11 Å². The Morgan fingerprint density at radius 1 is 0.941 bits per heavy atom. The first-order valence-electron chi connectivity index (χ1n) is 5.13. The second-order valence-corrected chi connectivity index (χ2v) is 3.39.